The van der Waals surface area contributed by atoms with Crippen LogP contribution in [0.2, 0.25) is 0 Å². The minimum absolute atomic E-state index is 0.218. The number of methoxy groups -OCH3 is 1. The van der Waals surface area contributed by atoms with E-state index >= 15 is 0 Å². The third-order valence-corrected chi connectivity index (χ3v) is 3.02. The molecule has 0 unspecified atom stereocenters. The lowest BCUT2D eigenvalue weighted by Gasteiger charge is -2.17. The van der Waals surface area contributed by atoms with Crippen molar-refractivity contribution in [3.8, 4) is 11.1 Å². The average molecular weight is 295 g/mol. The third-order valence-electron chi connectivity index (χ3n) is 3.02. The maximum Gasteiger partial charge on any atom is 0.419 e. The van der Waals surface area contributed by atoms with Gasteiger partial charge in [-0.3, -0.25) is 0 Å². The maximum absolute atomic E-state index is 13.2. The number of halogens is 3. The minimum Gasteiger partial charge on any atom is -0.465 e. The molecule has 0 saturated carbocycles. The van der Waals surface area contributed by atoms with E-state index in [2.05, 4.69) is 4.74 Å². The standard InChI is InChI=1S/C15H12F3NO2/c1-21-14(20)11-8-7-10(9-5-3-2-4-6-9)13(19)12(11)15(16,17)18/h2-8H,19H2,1H3. The Hall–Kier alpha value is -2.50. The van der Waals surface area contributed by atoms with Crippen molar-refractivity contribution in [1.29, 1.82) is 0 Å². The Morgan fingerprint density at radius 2 is 1.71 bits per heavy atom. The van der Waals surface area contributed by atoms with Gasteiger partial charge in [0.25, 0.3) is 0 Å². The van der Waals surface area contributed by atoms with Crippen molar-refractivity contribution < 1.29 is 22.7 Å². The van der Waals surface area contributed by atoms with Gasteiger partial charge in [-0.2, -0.15) is 13.2 Å². The van der Waals surface area contributed by atoms with Gasteiger partial charge in [-0.05, 0) is 11.6 Å². The number of hydrogen-bond donors (Lipinski definition) is 1. The largest absolute Gasteiger partial charge is 0.465 e. The first-order valence-electron chi connectivity index (χ1n) is 5.99. The van der Waals surface area contributed by atoms with Crippen LogP contribution in [0.4, 0.5) is 18.9 Å². The minimum atomic E-state index is -4.75. The summed E-state index contributed by atoms with van der Waals surface area (Å²) in [7, 11) is 1.02. The number of nitrogen functional groups attached to an aromatic ring is 1. The number of ether oxygens (including phenoxy) is 1. The number of carbonyl (C=O) groups is 1. The smallest absolute Gasteiger partial charge is 0.419 e. The molecular formula is C15H12F3NO2. The molecule has 0 aliphatic rings. The Morgan fingerprint density at radius 1 is 1.10 bits per heavy atom. The monoisotopic (exact) mass is 295 g/mol. The molecule has 0 aliphatic carbocycles. The summed E-state index contributed by atoms with van der Waals surface area (Å²) in [5.41, 5.74) is 4.17. The number of anilines is 1. The van der Waals surface area contributed by atoms with Crippen LogP contribution in [0, 0.1) is 0 Å². The lowest BCUT2D eigenvalue weighted by Crippen LogP contribution is -2.17. The van der Waals surface area contributed by atoms with Gasteiger partial charge in [-0.1, -0.05) is 36.4 Å². The molecule has 3 nitrogen and oxygen atoms in total. The molecule has 21 heavy (non-hydrogen) atoms. The quantitative estimate of drug-likeness (QED) is 0.678. The summed E-state index contributed by atoms with van der Waals surface area (Å²) in [6, 6.07) is 10.9. The normalized spacial score (nSPS) is 11.2. The van der Waals surface area contributed by atoms with Gasteiger partial charge in [0.1, 0.15) is 0 Å². The summed E-state index contributed by atoms with van der Waals surface area (Å²) in [6.45, 7) is 0. The van der Waals surface area contributed by atoms with Crippen LogP contribution in [0.5, 0.6) is 0 Å². The molecule has 2 N–H and O–H groups in total. The zero-order valence-electron chi connectivity index (χ0n) is 11.1. The molecule has 0 aliphatic heterocycles. The van der Waals surface area contributed by atoms with Crippen LogP contribution in [0.1, 0.15) is 15.9 Å². The zero-order chi connectivity index (χ0) is 15.6. The summed E-state index contributed by atoms with van der Waals surface area (Å²) < 4.78 is 44.0. The Kier molecular flexibility index (Phi) is 3.88. The van der Waals surface area contributed by atoms with E-state index in [0.717, 1.165) is 13.2 Å². The van der Waals surface area contributed by atoms with Crippen molar-refractivity contribution in [3.05, 3.63) is 53.6 Å². The zero-order valence-corrected chi connectivity index (χ0v) is 11.1. The van der Waals surface area contributed by atoms with Crippen molar-refractivity contribution >= 4 is 11.7 Å². The summed E-state index contributed by atoms with van der Waals surface area (Å²) in [4.78, 5) is 11.5. The molecule has 0 aromatic heterocycles. The molecule has 2 aromatic carbocycles. The van der Waals surface area contributed by atoms with Crippen LogP contribution in [0.25, 0.3) is 11.1 Å². The molecule has 0 heterocycles. The van der Waals surface area contributed by atoms with Gasteiger partial charge < -0.3 is 10.5 Å². The summed E-state index contributed by atoms with van der Waals surface area (Å²) in [5, 5.41) is 0. The molecule has 6 heteroatoms. The van der Waals surface area contributed by atoms with Gasteiger partial charge in [-0.25, -0.2) is 4.79 Å². The SMILES string of the molecule is COC(=O)c1ccc(-c2ccccc2)c(N)c1C(F)(F)F. The van der Waals surface area contributed by atoms with E-state index in [4.69, 9.17) is 5.73 Å². The lowest BCUT2D eigenvalue weighted by molar-refractivity contribution is -0.137. The average Bonchev–Trinajstić information content (AvgIpc) is 2.45. The van der Waals surface area contributed by atoms with Gasteiger partial charge in [0.05, 0.1) is 23.9 Å². The Bertz CT molecular complexity index is 667. The van der Waals surface area contributed by atoms with Crippen LogP contribution >= 0.6 is 0 Å². The van der Waals surface area contributed by atoms with E-state index in [-0.39, 0.29) is 5.56 Å². The second-order valence-corrected chi connectivity index (χ2v) is 4.30. The van der Waals surface area contributed by atoms with Crippen molar-refractivity contribution in [2.75, 3.05) is 12.8 Å². The number of rotatable bonds is 2. The van der Waals surface area contributed by atoms with Gasteiger partial charge in [0.2, 0.25) is 0 Å². The summed E-state index contributed by atoms with van der Waals surface area (Å²) in [5.74, 6) is -1.08. The number of hydrogen-bond acceptors (Lipinski definition) is 3. The molecule has 0 saturated heterocycles. The van der Waals surface area contributed by atoms with Gasteiger partial charge in [-0.15, -0.1) is 0 Å². The van der Waals surface area contributed by atoms with Crippen molar-refractivity contribution in [2.24, 2.45) is 0 Å². The Morgan fingerprint density at radius 3 is 2.24 bits per heavy atom. The molecule has 0 atom stereocenters. The van der Waals surface area contributed by atoms with Gasteiger partial charge in [0.15, 0.2) is 0 Å². The second kappa shape index (κ2) is 5.47. The Balaban J connectivity index is 2.71. The number of carbonyl (C=O) groups excluding carboxylic acids is 1. The van der Waals surface area contributed by atoms with E-state index in [1.165, 1.54) is 6.07 Å². The first-order valence-corrected chi connectivity index (χ1v) is 5.99. The van der Waals surface area contributed by atoms with Crippen LogP contribution in [0.3, 0.4) is 0 Å². The predicted octanol–water partition coefficient (Wildman–Crippen LogP) is 3.74. The highest BCUT2D eigenvalue weighted by atomic mass is 19.4. The topological polar surface area (TPSA) is 52.3 Å². The van der Waals surface area contributed by atoms with Crippen LogP contribution in [-0.2, 0) is 10.9 Å². The van der Waals surface area contributed by atoms with E-state index in [0.29, 0.717) is 5.56 Å². The van der Waals surface area contributed by atoms with E-state index in [1.807, 2.05) is 0 Å². The molecule has 0 spiro atoms. The molecule has 2 rings (SSSR count). The molecule has 0 radical (unpaired) electrons. The molecule has 110 valence electrons. The molecular weight excluding hydrogens is 283 g/mol. The fraction of sp³-hybridized carbons (Fsp3) is 0.133. The maximum atomic E-state index is 13.2. The van der Waals surface area contributed by atoms with Gasteiger partial charge >= 0.3 is 12.1 Å². The van der Waals surface area contributed by atoms with Crippen LogP contribution in [0.15, 0.2) is 42.5 Å². The molecule has 0 amide bonds. The van der Waals surface area contributed by atoms with E-state index in [9.17, 15) is 18.0 Å². The van der Waals surface area contributed by atoms with Crippen LogP contribution < -0.4 is 5.73 Å². The first kappa shape index (κ1) is 14.9. The Labute approximate surface area is 119 Å². The van der Waals surface area contributed by atoms with Crippen molar-refractivity contribution in [1.82, 2.24) is 0 Å². The van der Waals surface area contributed by atoms with Crippen molar-refractivity contribution in [2.45, 2.75) is 6.18 Å². The van der Waals surface area contributed by atoms with Gasteiger partial charge in [0, 0.05) is 5.56 Å². The fourth-order valence-corrected chi connectivity index (χ4v) is 2.07. The highest BCUT2D eigenvalue weighted by Crippen LogP contribution is 2.41. The number of alkyl halides is 3. The second-order valence-electron chi connectivity index (χ2n) is 4.30. The number of esters is 1. The number of benzene rings is 2. The fourth-order valence-electron chi connectivity index (χ4n) is 2.07. The molecule has 0 fully saturated rings. The van der Waals surface area contributed by atoms with Crippen LogP contribution in [-0.4, -0.2) is 13.1 Å². The first-order chi connectivity index (χ1) is 9.86. The van der Waals surface area contributed by atoms with Crippen molar-refractivity contribution in [3.63, 3.8) is 0 Å². The van der Waals surface area contributed by atoms with E-state index < -0.39 is 29.0 Å². The lowest BCUT2D eigenvalue weighted by atomic mass is 9.96. The number of nitrogens with two attached hydrogens (primary N) is 1. The summed E-state index contributed by atoms with van der Waals surface area (Å²) in [6.07, 6.45) is -4.75. The highest BCUT2D eigenvalue weighted by molar-refractivity contribution is 5.95. The molecule has 2 aromatic rings. The third kappa shape index (κ3) is 2.84. The molecule has 0 bridgehead atoms. The van der Waals surface area contributed by atoms with E-state index in [1.54, 1.807) is 30.3 Å². The highest BCUT2D eigenvalue weighted by Gasteiger charge is 2.38. The summed E-state index contributed by atoms with van der Waals surface area (Å²) >= 11 is 0. The predicted molar refractivity (Wildman–Crippen MR) is 72.6 cm³/mol.